The number of hydrogen-bond donors (Lipinski definition) is 2. The summed E-state index contributed by atoms with van der Waals surface area (Å²) in [4.78, 5) is 11.9. The number of benzene rings is 1. The van der Waals surface area contributed by atoms with Crippen LogP contribution in [0.3, 0.4) is 0 Å². The Morgan fingerprint density at radius 3 is 2.84 bits per heavy atom. The Bertz CT molecular complexity index is 539. The fraction of sp³-hybridized carbons (Fsp3) is 0.214. The van der Waals surface area contributed by atoms with Gasteiger partial charge in [-0.1, -0.05) is 12.1 Å². The Kier molecular flexibility index (Phi) is 4.98. The normalized spacial score (nSPS) is 12.1. The minimum atomic E-state index is -0.617. The van der Waals surface area contributed by atoms with Crippen molar-refractivity contribution in [2.75, 3.05) is 6.54 Å². The van der Waals surface area contributed by atoms with Crippen molar-refractivity contribution in [2.45, 2.75) is 12.5 Å². The van der Waals surface area contributed by atoms with Crippen molar-refractivity contribution in [3.63, 3.8) is 0 Å². The topological polar surface area (TPSA) is 62.5 Å². The van der Waals surface area contributed by atoms with Crippen LogP contribution in [0.4, 0.5) is 0 Å². The predicted octanol–water partition coefficient (Wildman–Crippen LogP) is 2.74. The molecule has 0 aliphatic rings. The molecule has 1 aromatic heterocycles. The van der Waals surface area contributed by atoms with E-state index in [-0.39, 0.29) is 5.91 Å². The first-order chi connectivity index (χ1) is 9.18. The summed E-state index contributed by atoms with van der Waals surface area (Å²) in [7, 11) is 0. The summed E-state index contributed by atoms with van der Waals surface area (Å²) >= 11 is 2.13. The van der Waals surface area contributed by atoms with Crippen molar-refractivity contribution in [1.29, 1.82) is 0 Å². The van der Waals surface area contributed by atoms with Crippen LogP contribution in [0.2, 0.25) is 0 Å². The van der Waals surface area contributed by atoms with Gasteiger partial charge in [0.05, 0.1) is 24.2 Å². The van der Waals surface area contributed by atoms with Crippen molar-refractivity contribution < 1.29 is 14.3 Å². The molecular formula is C14H14INO3. The molecule has 1 amide bonds. The lowest BCUT2D eigenvalue weighted by molar-refractivity contribution is 0.0941. The number of carbonyl (C=O) groups excluding carboxylic acids is 1. The highest BCUT2D eigenvalue weighted by molar-refractivity contribution is 14.1. The number of rotatable bonds is 5. The van der Waals surface area contributed by atoms with E-state index in [1.807, 2.05) is 18.2 Å². The average Bonchev–Trinajstić information content (AvgIpc) is 2.93. The maximum Gasteiger partial charge on any atom is 0.252 e. The minimum absolute atomic E-state index is 0.121. The van der Waals surface area contributed by atoms with Crippen molar-refractivity contribution in [3.8, 4) is 0 Å². The molecule has 0 saturated carbocycles. The van der Waals surface area contributed by atoms with Crippen molar-refractivity contribution in [2.24, 2.45) is 0 Å². The molecular weight excluding hydrogens is 357 g/mol. The third-order valence-electron chi connectivity index (χ3n) is 2.75. The second-order valence-corrected chi connectivity index (χ2v) is 5.26. The van der Waals surface area contributed by atoms with Crippen molar-refractivity contribution >= 4 is 28.5 Å². The van der Waals surface area contributed by atoms with E-state index in [0.29, 0.717) is 18.5 Å². The summed E-state index contributed by atoms with van der Waals surface area (Å²) in [5, 5.41) is 12.6. The second-order valence-electron chi connectivity index (χ2n) is 4.10. The summed E-state index contributed by atoms with van der Waals surface area (Å²) < 4.78 is 5.81. The molecule has 2 aromatic rings. The van der Waals surface area contributed by atoms with Crippen LogP contribution in [0.5, 0.6) is 0 Å². The highest BCUT2D eigenvalue weighted by Crippen LogP contribution is 2.16. The zero-order valence-electron chi connectivity index (χ0n) is 10.2. The van der Waals surface area contributed by atoms with Gasteiger partial charge in [0.2, 0.25) is 0 Å². The molecule has 2 N–H and O–H groups in total. The summed E-state index contributed by atoms with van der Waals surface area (Å²) in [6.45, 7) is 0.413. The fourth-order valence-corrected chi connectivity index (χ4v) is 2.33. The van der Waals surface area contributed by atoms with Crippen LogP contribution in [-0.4, -0.2) is 17.6 Å². The van der Waals surface area contributed by atoms with E-state index in [1.54, 1.807) is 12.1 Å². The van der Waals surface area contributed by atoms with Gasteiger partial charge in [0.25, 0.3) is 5.91 Å². The first-order valence-electron chi connectivity index (χ1n) is 5.91. The van der Waals surface area contributed by atoms with Gasteiger partial charge in [0.15, 0.2) is 0 Å². The van der Waals surface area contributed by atoms with Gasteiger partial charge in [0, 0.05) is 15.7 Å². The van der Waals surface area contributed by atoms with E-state index in [0.717, 1.165) is 9.13 Å². The molecule has 1 heterocycles. The molecule has 1 aromatic carbocycles. The van der Waals surface area contributed by atoms with Gasteiger partial charge in [-0.3, -0.25) is 4.79 Å². The second kappa shape index (κ2) is 6.72. The largest absolute Gasteiger partial charge is 0.472 e. The van der Waals surface area contributed by atoms with E-state index in [9.17, 15) is 9.90 Å². The molecule has 0 aliphatic carbocycles. The van der Waals surface area contributed by atoms with Gasteiger partial charge in [-0.2, -0.15) is 0 Å². The lowest BCUT2D eigenvalue weighted by Gasteiger charge is -2.10. The molecule has 100 valence electrons. The Labute approximate surface area is 125 Å². The van der Waals surface area contributed by atoms with Crippen LogP contribution in [0.25, 0.3) is 0 Å². The monoisotopic (exact) mass is 371 g/mol. The summed E-state index contributed by atoms with van der Waals surface area (Å²) in [6.07, 6.45) is 2.86. The Morgan fingerprint density at radius 2 is 2.16 bits per heavy atom. The van der Waals surface area contributed by atoms with Crippen LogP contribution in [0.1, 0.15) is 28.4 Å². The molecule has 0 saturated heterocycles. The number of aliphatic hydroxyl groups is 1. The first-order valence-corrected chi connectivity index (χ1v) is 6.99. The van der Waals surface area contributed by atoms with Crippen molar-refractivity contribution in [3.05, 3.63) is 57.6 Å². The smallest absolute Gasteiger partial charge is 0.252 e. The highest BCUT2D eigenvalue weighted by atomic mass is 127. The van der Waals surface area contributed by atoms with Gasteiger partial charge in [-0.05, 0) is 47.2 Å². The van der Waals surface area contributed by atoms with E-state index >= 15 is 0 Å². The lowest BCUT2D eigenvalue weighted by Crippen LogP contribution is -2.26. The first kappa shape index (κ1) is 14.1. The third-order valence-corrected chi connectivity index (χ3v) is 3.69. The zero-order chi connectivity index (χ0) is 13.7. The number of halogens is 1. The molecule has 5 heteroatoms. The molecule has 19 heavy (non-hydrogen) atoms. The van der Waals surface area contributed by atoms with E-state index < -0.39 is 6.10 Å². The molecule has 0 fully saturated rings. The van der Waals surface area contributed by atoms with Crippen LogP contribution in [0, 0.1) is 3.57 Å². The molecule has 0 aliphatic heterocycles. The third kappa shape index (κ3) is 3.81. The lowest BCUT2D eigenvalue weighted by atomic mass is 10.1. The average molecular weight is 371 g/mol. The summed E-state index contributed by atoms with van der Waals surface area (Å²) in [6, 6.07) is 9.10. The van der Waals surface area contributed by atoms with Gasteiger partial charge in [-0.25, -0.2) is 0 Å². The molecule has 0 radical (unpaired) electrons. The number of nitrogens with one attached hydrogen (secondary N) is 1. The van der Waals surface area contributed by atoms with E-state index in [1.165, 1.54) is 12.5 Å². The van der Waals surface area contributed by atoms with Crippen LogP contribution < -0.4 is 5.32 Å². The summed E-state index contributed by atoms with van der Waals surface area (Å²) in [5.41, 5.74) is 1.38. The summed E-state index contributed by atoms with van der Waals surface area (Å²) in [5.74, 6) is -0.121. The standard InChI is InChI=1S/C14H14INO3/c15-12-4-2-1-3-11(12)14(18)16-7-5-13(17)10-6-8-19-9-10/h1-4,6,8-9,13,17H,5,7H2,(H,16,18). The van der Waals surface area contributed by atoms with E-state index in [4.69, 9.17) is 4.42 Å². The number of carbonyl (C=O) groups is 1. The maximum atomic E-state index is 11.9. The number of amides is 1. The molecule has 0 spiro atoms. The fourth-order valence-electron chi connectivity index (χ4n) is 1.69. The van der Waals surface area contributed by atoms with E-state index in [2.05, 4.69) is 27.9 Å². The highest BCUT2D eigenvalue weighted by Gasteiger charge is 2.11. The zero-order valence-corrected chi connectivity index (χ0v) is 12.3. The quantitative estimate of drug-likeness (QED) is 0.795. The maximum absolute atomic E-state index is 11.9. The number of furan rings is 1. The van der Waals surface area contributed by atoms with Crippen LogP contribution >= 0.6 is 22.6 Å². The van der Waals surface area contributed by atoms with Gasteiger partial charge in [-0.15, -0.1) is 0 Å². The Hall–Kier alpha value is -1.34. The molecule has 0 bridgehead atoms. The minimum Gasteiger partial charge on any atom is -0.472 e. The predicted molar refractivity (Wildman–Crippen MR) is 79.8 cm³/mol. The number of hydrogen-bond acceptors (Lipinski definition) is 3. The van der Waals surface area contributed by atoms with Crippen LogP contribution in [0.15, 0.2) is 47.3 Å². The molecule has 1 unspecified atom stereocenters. The SMILES string of the molecule is O=C(NCCC(O)c1ccoc1)c1ccccc1I. The molecule has 4 nitrogen and oxygen atoms in total. The molecule has 2 rings (SSSR count). The van der Waals surface area contributed by atoms with Crippen LogP contribution in [-0.2, 0) is 0 Å². The number of aliphatic hydroxyl groups excluding tert-OH is 1. The van der Waals surface area contributed by atoms with Gasteiger partial charge < -0.3 is 14.8 Å². The molecule has 1 atom stereocenters. The Morgan fingerprint density at radius 1 is 1.37 bits per heavy atom. The van der Waals surface area contributed by atoms with Gasteiger partial charge in [0.1, 0.15) is 0 Å². The Balaban J connectivity index is 1.83. The van der Waals surface area contributed by atoms with Gasteiger partial charge >= 0.3 is 0 Å². The van der Waals surface area contributed by atoms with Crippen molar-refractivity contribution in [1.82, 2.24) is 5.32 Å².